The number of hydrogen-bond donors (Lipinski definition) is 1. The summed E-state index contributed by atoms with van der Waals surface area (Å²) >= 11 is 6.39. The first-order chi connectivity index (χ1) is 8.89. The second-order valence-electron chi connectivity index (χ2n) is 6.01. The summed E-state index contributed by atoms with van der Waals surface area (Å²) in [6.07, 6.45) is 4.25. The molecule has 3 nitrogen and oxygen atoms in total. The zero-order valence-corrected chi connectivity index (χ0v) is 13.8. The predicted octanol–water partition coefficient (Wildman–Crippen LogP) is 3.83. The average Bonchev–Trinajstić information content (AvgIpc) is 2.64. The van der Waals surface area contributed by atoms with Gasteiger partial charge >= 0.3 is 0 Å². The molecule has 1 rings (SSSR count). The summed E-state index contributed by atoms with van der Waals surface area (Å²) < 4.78 is 2.05. The number of aromatic nitrogens is 2. The first-order valence-electron chi connectivity index (χ1n) is 7.38. The molecule has 0 saturated carbocycles. The first kappa shape index (κ1) is 16.5. The van der Waals surface area contributed by atoms with E-state index in [4.69, 9.17) is 11.6 Å². The number of nitrogens with zero attached hydrogens (tertiary/aromatic N) is 2. The van der Waals surface area contributed by atoms with E-state index in [1.807, 2.05) is 0 Å². The lowest BCUT2D eigenvalue weighted by atomic mass is 10.1. The standard InChI is InChI=1S/C15H28ClN3/c1-6-12-14(16)13(19(7-2)18-12)10-8-9-11-17-15(3,4)5/h17H,6-11H2,1-5H3. The lowest BCUT2D eigenvalue weighted by Crippen LogP contribution is -2.36. The highest BCUT2D eigenvalue weighted by atomic mass is 35.5. The monoisotopic (exact) mass is 285 g/mol. The Kier molecular flexibility index (Phi) is 6.34. The molecule has 1 aromatic rings. The van der Waals surface area contributed by atoms with Crippen LogP contribution in [0.25, 0.3) is 0 Å². The quantitative estimate of drug-likeness (QED) is 0.772. The van der Waals surface area contributed by atoms with E-state index < -0.39 is 0 Å². The molecule has 0 amide bonds. The Labute approximate surface area is 122 Å². The summed E-state index contributed by atoms with van der Waals surface area (Å²) in [5.74, 6) is 0. The molecule has 0 atom stereocenters. The van der Waals surface area contributed by atoms with Crippen LogP contribution in [0, 0.1) is 0 Å². The van der Waals surface area contributed by atoms with E-state index in [-0.39, 0.29) is 5.54 Å². The molecule has 0 unspecified atom stereocenters. The summed E-state index contributed by atoms with van der Waals surface area (Å²) in [7, 11) is 0. The Bertz CT molecular complexity index is 391. The molecule has 0 spiro atoms. The Morgan fingerprint density at radius 2 is 1.89 bits per heavy atom. The van der Waals surface area contributed by atoms with Crippen LogP contribution in [0.3, 0.4) is 0 Å². The highest BCUT2D eigenvalue weighted by molar-refractivity contribution is 6.31. The molecule has 0 radical (unpaired) electrons. The van der Waals surface area contributed by atoms with E-state index in [9.17, 15) is 0 Å². The topological polar surface area (TPSA) is 29.9 Å². The van der Waals surface area contributed by atoms with Crippen molar-refractivity contribution in [3.63, 3.8) is 0 Å². The highest BCUT2D eigenvalue weighted by Crippen LogP contribution is 2.23. The maximum absolute atomic E-state index is 6.39. The average molecular weight is 286 g/mol. The minimum Gasteiger partial charge on any atom is -0.312 e. The molecule has 0 aliphatic rings. The van der Waals surface area contributed by atoms with Gasteiger partial charge in [0.25, 0.3) is 0 Å². The summed E-state index contributed by atoms with van der Waals surface area (Å²) in [6, 6.07) is 0. The number of rotatable bonds is 7. The molecule has 1 N–H and O–H groups in total. The van der Waals surface area contributed by atoms with Crippen LogP contribution in [0.15, 0.2) is 0 Å². The predicted molar refractivity (Wildman–Crippen MR) is 83.0 cm³/mol. The van der Waals surface area contributed by atoms with Crippen LogP contribution in [0.1, 0.15) is 58.8 Å². The fraction of sp³-hybridized carbons (Fsp3) is 0.800. The van der Waals surface area contributed by atoms with Gasteiger partial charge in [0.15, 0.2) is 0 Å². The zero-order chi connectivity index (χ0) is 14.5. The van der Waals surface area contributed by atoms with Gasteiger partial charge in [-0.2, -0.15) is 5.10 Å². The second kappa shape index (κ2) is 7.30. The Hall–Kier alpha value is -0.540. The smallest absolute Gasteiger partial charge is 0.0849 e. The normalized spacial score (nSPS) is 12.1. The third-order valence-electron chi connectivity index (χ3n) is 3.19. The molecule has 0 bridgehead atoms. The molecule has 0 aliphatic heterocycles. The molecule has 1 aromatic heterocycles. The van der Waals surface area contributed by atoms with Crippen LogP contribution in [-0.4, -0.2) is 21.9 Å². The third-order valence-corrected chi connectivity index (χ3v) is 3.63. The SMILES string of the molecule is CCc1nn(CC)c(CCCCNC(C)(C)C)c1Cl. The lowest BCUT2D eigenvalue weighted by Gasteiger charge is -2.20. The Morgan fingerprint density at radius 3 is 2.42 bits per heavy atom. The van der Waals surface area contributed by atoms with Gasteiger partial charge < -0.3 is 5.32 Å². The van der Waals surface area contributed by atoms with Crippen LogP contribution in [0.5, 0.6) is 0 Å². The van der Waals surface area contributed by atoms with Crippen LogP contribution in [0.4, 0.5) is 0 Å². The van der Waals surface area contributed by atoms with Crippen LogP contribution >= 0.6 is 11.6 Å². The number of aryl methyl sites for hydroxylation is 2. The van der Waals surface area contributed by atoms with Crippen LogP contribution in [0.2, 0.25) is 5.02 Å². The second-order valence-corrected chi connectivity index (χ2v) is 6.39. The molecule has 0 saturated heterocycles. The molecule has 0 aromatic carbocycles. The van der Waals surface area contributed by atoms with Gasteiger partial charge in [0, 0.05) is 12.1 Å². The van der Waals surface area contributed by atoms with Crippen molar-refractivity contribution in [1.29, 1.82) is 0 Å². The van der Waals surface area contributed by atoms with E-state index in [0.29, 0.717) is 0 Å². The number of hydrogen-bond acceptors (Lipinski definition) is 2. The Balaban J connectivity index is 2.47. The van der Waals surface area contributed by atoms with Gasteiger partial charge in [-0.25, -0.2) is 0 Å². The maximum atomic E-state index is 6.39. The summed E-state index contributed by atoms with van der Waals surface area (Å²) in [5.41, 5.74) is 2.45. The van der Waals surface area contributed by atoms with Gasteiger partial charge in [0.05, 0.1) is 16.4 Å². The van der Waals surface area contributed by atoms with Crippen molar-refractivity contribution in [2.45, 2.75) is 72.4 Å². The van der Waals surface area contributed by atoms with Gasteiger partial charge in [-0.05, 0) is 59.9 Å². The minimum atomic E-state index is 0.207. The summed E-state index contributed by atoms with van der Waals surface area (Å²) in [5, 5.41) is 8.95. The Morgan fingerprint density at radius 1 is 1.21 bits per heavy atom. The van der Waals surface area contributed by atoms with E-state index in [1.165, 1.54) is 12.1 Å². The highest BCUT2D eigenvalue weighted by Gasteiger charge is 2.14. The maximum Gasteiger partial charge on any atom is 0.0849 e. The lowest BCUT2D eigenvalue weighted by molar-refractivity contribution is 0.418. The molecule has 110 valence electrons. The molecule has 0 fully saturated rings. The van der Waals surface area contributed by atoms with Gasteiger partial charge in [0.1, 0.15) is 0 Å². The van der Waals surface area contributed by atoms with Crippen LogP contribution in [-0.2, 0) is 19.4 Å². The van der Waals surface area contributed by atoms with Crippen molar-refractivity contribution in [1.82, 2.24) is 15.1 Å². The van der Waals surface area contributed by atoms with Gasteiger partial charge in [-0.1, -0.05) is 18.5 Å². The van der Waals surface area contributed by atoms with E-state index in [0.717, 1.165) is 43.1 Å². The van der Waals surface area contributed by atoms with Crippen molar-refractivity contribution in [2.24, 2.45) is 0 Å². The molecule has 19 heavy (non-hydrogen) atoms. The minimum absolute atomic E-state index is 0.207. The van der Waals surface area contributed by atoms with Crippen molar-refractivity contribution in [3.8, 4) is 0 Å². The van der Waals surface area contributed by atoms with Gasteiger partial charge in [-0.15, -0.1) is 0 Å². The van der Waals surface area contributed by atoms with Crippen molar-refractivity contribution >= 4 is 11.6 Å². The fourth-order valence-corrected chi connectivity index (χ4v) is 2.50. The molecule has 0 aliphatic carbocycles. The van der Waals surface area contributed by atoms with Crippen molar-refractivity contribution < 1.29 is 0 Å². The van der Waals surface area contributed by atoms with Gasteiger partial charge in [0.2, 0.25) is 0 Å². The molecular formula is C15H28ClN3. The number of nitrogens with one attached hydrogen (secondary N) is 1. The largest absolute Gasteiger partial charge is 0.312 e. The van der Waals surface area contributed by atoms with Crippen molar-refractivity contribution in [3.05, 3.63) is 16.4 Å². The fourth-order valence-electron chi connectivity index (χ4n) is 2.14. The van der Waals surface area contributed by atoms with Crippen molar-refractivity contribution in [2.75, 3.05) is 6.54 Å². The third kappa shape index (κ3) is 5.15. The first-order valence-corrected chi connectivity index (χ1v) is 7.76. The molecular weight excluding hydrogens is 258 g/mol. The molecule has 4 heteroatoms. The summed E-state index contributed by atoms with van der Waals surface area (Å²) in [4.78, 5) is 0. The summed E-state index contributed by atoms with van der Waals surface area (Å²) in [6.45, 7) is 12.8. The van der Waals surface area contributed by atoms with E-state index in [2.05, 4.69) is 49.7 Å². The number of unbranched alkanes of at least 4 members (excludes halogenated alkanes) is 1. The zero-order valence-electron chi connectivity index (χ0n) is 13.0. The van der Waals surface area contributed by atoms with E-state index >= 15 is 0 Å². The number of halogens is 1. The van der Waals surface area contributed by atoms with Gasteiger partial charge in [-0.3, -0.25) is 4.68 Å². The van der Waals surface area contributed by atoms with E-state index in [1.54, 1.807) is 0 Å². The van der Waals surface area contributed by atoms with Crippen LogP contribution < -0.4 is 5.32 Å². The molecule has 1 heterocycles.